The molecule has 3 rings (SSSR count). The van der Waals surface area contributed by atoms with Crippen molar-refractivity contribution in [2.24, 2.45) is 0 Å². The number of para-hydroxylation sites is 2. The maximum Gasteiger partial charge on any atom is 0.344 e. The predicted octanol–water partition coefficient (Wildman–Crippen LogP) is 3.00. The second-order valence-electron chi connectivity index (χ2n) is 4.91. The number of carbonyl (C=O) groups excluding carboxylic acids is 2. The Hall–Kier alpha value is -3.00. The molecule has 1 amide bonds. The largest absolute Gasteiger partial charge is 0.479 e. The van der Waals surface area contributed by atoms with Crippen LogP contribution in [0.1, 0.15) is 0 Å². The molecule has 0 aliphatic rings. The van der Waals surface area contributed by atoms with Gasteiger partial charge in [0.2, 0.25) is 0 Å². The molecular formula is C17H13FN2O4S. The highest BCUT2D eigenvalue weighted by molar-refractivity contribution is 7.22. The number of rotatable bonds is 6. The number of amides is 1. The van der Waals surface area contributed by atoms with Crippen molar-refractivity contribution in [3.8, 4) is 5.75 Å². The van der Waals surface area contributed by atoms with Crippen LogP contribution in [0.15, 0.2) is 48.5 Å². The summed E-state index contributed by atoms with van der Waals surface area (Å²) in [6, 6.07) is 13.1. The molecule has 3 aromatic rings. The molecule has 1 N–H and O–H groups in total. The van der Waals surface area contributed by atoms with Gasteiger partial charge in [-0.2, -0.15) is 0 Å². The third-order valence-corrected chi connectivity index (χ3v) is 4.04. The first-order valence-corrected chi connectivity index (χ1v) is 8.12. The topological polar surface area (TPSA) is 77.5 Å². The van der Waals surface area contributed by atoms with Crippen molar-refractivity contribution in [1.29, 1.82) is 0 Å². The van der Waals surface area contributed by atoms with E-state index in [9.17, 15) is 14.0 Å². The third-order valence-electron chi connectivity index (χ3n) is 3.09. The molecule has 0 radical (unpaired) electrons. The summed E-state index contributed by atoms with van der Waals surface area (Å²) in [5.41, 5.74) is 0.776. The first kappa shape index (κ1) is 16.8. The first-order chi connectivity index (χ1) is 12.1. The highest BCUT2D eigenvalue weighted by Crippen LogP contribution is 2.25. The van der Waals surface area contributed by atoms with Crippen molar-refractivity contribution in [3.63, 3.8) is 0 Å². The Morgan fingerprint density at radius 1 is 1.08 bits per heavy atom. The lowest BCUT2D eigenvalue weighted by molar-refractivity contribution is -0.149. The number of thiazole rings is 1. The number of halogens is 1. The lowest BCUT2D eigenvalue weighted by Crippen LogP contribution is -2.23. The van der Waals surface area contributed by atoms with Crippen LogP contribution in [0.3, 0.4) is 0 Å². The molecule has 0 aliphatic heterocycles. The summed E-state index contributed by atoms with van der Waals surface area (Å²) in [6.45, 7) is -0.968. The minimum absolute atomic E-state index is 0.0571. The molecule has 0 unspecified atom stereocenters. The number of fused-ring (bicyclic) bond motifs is 1. The fraction of sp³-hybridized carbons (Fsp3) is 0.118. The maximum absolute atomic E-state index is 13.3. The van der Waals surface area contributed by atoms with Crippen LogP contribution in [-0.2, 0) is 14.3 Å². The Kier molecular flexibility index (Phi) is 5.20. The normalized spacial score (nSPS) is 10.4. The average molecular weight is 360 g/mol. The van der Waals surface area contributed by atoms with Crippen molar-refractivity contribution < 1.29 is 23.5 Å². The molecule has 25 heavy (non-hydrogen) atoms. The zero-order valence-corrected chi connectivity index (χ0v) is 13.7. The maximum atomic E-state index is 13.3. The van der Waals surface area contributed by atoms with Gasteiger partial charge >= 0.3 is 5.97 Å². The number of nitrogens with zero attached hydrogens (tertiary/aromatic N) is 1. The number of ether oxygens (including phenoxy) is 2. The molecule has 0 saturated heterocycles. The number of esters is 1. The number of carbonyl (C=O) groups is 2. The van der Waals surface area contributed by atoms with Crippen molar-refractivity contribution in [2.75, 3.05) is 18.5 Å². The van der Waals surface area contributed by atoms with E-state index in [1.54, 1.807) is 6.07 Å². The molecule has 0 saturated carbocycles. The van der Waals surface area contributed by atoms with E-state index >= 15 is 0 Å². The zero-order valence-electron chi connectivity index (χ0n) is 12.9. The number of hydrogen-bond donors (Lipinski definition) is 1. The molecule has 0 bridgehead atoms. The van der Waals surface area contributed by atoms with Crippen LogP contribution in [0.25, 0.3) is 10.2 Å². The van der Waals surface area contributed by atoms with Gasteiger partial charge in [-0.25, -0.2) is 14.2 Å². The second-order valence-corrected chi connectivity index (χ2v) is 5.95. The van der Waals surface area contributed by atoms with Gasteiger partial charge in [0, 0.05) is 0 Å². The van der Waals surface area contributed by atoms with E-state index in [1.807, 2.05) is 24.3 Å². The molecule has 1 aromatic heterocycles. The monoisotopic (exact) mass is 360 g/mol. The minimum Gasteiger partial charge on any atom is -0.479 e. The van der Waals surface area contributed by atoms with Crippen LogP contribution in [0, 0.1) is 5.82 Å². The van der Waals surface area contributed by atoms with Crippen LogP contribution in [0.4, 0.5) is 9.52 Å². The summed E-state index contributed by atoms with van der Waals surface area (Å²) in [5.74, 6) is -1.93. The van der Waals surface area contributed by atoms with Gasteiger partial charge in [-0.3, -0.25) is 10.1 Å². The molecule has 1 heterocycles. The van der Waals surface area contributed by atoms with Gasteiger partial charge < -0.3 is 9.47 Å². The standard InChI is InChI=1S/C17H13FN2O4S/c18-11-5-1-3-7-13(11)23-10-16(22)24-9-15(21)20-17-19-12-6-2-4-8-14(12)25-17/h1-8H,9-10H2,(H,19,20,21). The zero-order chi connectivity index (χ0) is 17.6. The van der Waals surface area contributed by atoms with Crippen molar-refractivity contribution >= 4 is 38.6 Å². The Bertz CT molecular complexity index is 879. The number of hydrogen-bond acceptors (Lipinski definition) is 6. The van der Waals surface area contributed by atoms with Crippen molar-refractivity contribution in [1.82, 2.24) is 4.98 Å². The molecule has 128 valence electrons. The molecule has 0 spiro atoms. The minimum atomic E-state index is -0.775. The Labute approximate surface area is 146 Å². The van der Waals surface area contributed by atoms with Gasteiger partial charge in [0.15, 0.2) is 29.9 Å². The molecule has 8 heteroatoms. The SMILES string of the molecule is O=C(COC(=O)COc1ccccc1F)Nc1nc2ccccc2s1. The Morgan fingerprint density at radius 3 is 2.64 bits per heavy atom. The highest BCUT2D eigenvalue weighted by Gasteiger charge is 2.12. The second kappa shape index (κ2) is 7.71. The molecule has 2 aromatic carbocycles. The van der Waals surface area contributed by atoms with E-state index in [2.05, 4.69) is 10.3 Å². The first-order valence-electron chi connectivity index (χ1n) is 7.30. The van der Waals surface area contributed by atoms with E-state index in [4.69, 9.17) is 9.47 Å². The van der Waals surface area contributed by atoms with E-state index in [0.717, 1.165) is 10.2 Å². The number of nitrogens with one attached hydrogen (secondary N) is 1. The Morgan fingerprint density at radius 2 is 1.84 bits per heavy atom. The molecule has 0 aliphatic carbocycles. The van der Waals surface area contributed by atoms with Crippen molar-refractivity contribution in [3.05, 3.63) is 54.3 Å². The van der Waals surface area contributed by atoms with Gasteiger partial charge in [0.1, 0.15) is 0 Å². The lowest BCUT2D eigenvalue weighted by atomic mass is 10.3. The molecule has 0 atom stereocenters. The Balaban J connectivity index is 1.45. The van der Waals surface area contributed by atoms with Crippen LogP contribution in [0.5, 0.6) is 5.75 Å². The quantitative estimate of drug-likeness (QED) is 0.684. The van der Waals surface area contributed by atoms with Crippen LogP contribution >= 0.6 is 11.3 Å². The molecule has 6 nitrogen and oxygen atoms in total. The smallest absolute Gasteiger partial charge is 0.344 e. The number of benzene rings is 2. The highest BCUT2D eigenvalue weighted by atomic mass is 32.1. The van der Waals surface area contributed by atoms with Crippen LogP contribution < -0.4 is 10.1 Å². The summed E-state index contributed by atoms with van der Waals surface area (Å²) in [6.07, 6.45) is 0. The fourth-order valence-electron chi connectivity index (χ4n) is 1.97. The van der Waals surface area contributed by atoms with Gasteiger partial charge in [0.05, 0.1) is 10.2 Å². The average Bonchev–Trinajstić information content (AvgIpc) is 3.01. The molecule has 0 fully saturated rings. The van der Waals surface area contributed by atoms with Crippen LogP contribution in [-0.4, -0.2) is 30.1 Å². The van der Waals surface area contributed by atoms with E-state index < -0.39 is 30.9 Å². The van der Waals surface area contributed by atoms with Crippen molar-refractivity contribution in [2.45, 2.75) is 0 Å². The number of anilines is 1. The summed E-state index contributed by atoms with van der Waals surface area (Å²) in [5, 5.41) is 2.98. The van der Waals surface area contributed by atoms with E-state index in [1.165, 1.54) is 29.5 Å². The number of aromatic nitrogens is 1. The molecular weight excluding hydrogens is 347 g/mol. The van der Waals surface area contributed by atoms with E-state index in [-0.39, 0.29) is 5.75 Å². The summed E-state index contributed by atoms with van der Waals surface area (Å²) < 4.78 is 24.1. The summed E-state index contributed by atoms with van der Waals surface area (Å²) >= 11 is 1.32. The third kappa shape index (κ3) is 4.51. The van der Waals surface area contributed by atoms with Gasteiger partial charge in [-0.15, -0.1) is 0 Å². The summed E-state index contributed by atoms with van der Waals surface area (Å²) in [7, 11) is 0. The predicted molar refractivity (Wildman–Crippen MR) is 91.1 cm³/mol. The van der Waals surface area contributed by atoms with Gasteiger partial charge in [-0.05, 0) is 24.3 Å². The van der Waals surface area contributed by atoms with Gasteiger partial charge in [-0.1, -0.05) is 35.6 Å². The fourth-order valence-corrected chi connectivity index (χ4v) is 2.85. The van der Waals surface area contributed by atoms with Gasteiger partial charge in [0.25, 0.3) is 5.91 Å². The summed E-state index contributed by atoms with van der Waals surface area (Å²) in [4.78, 5) is 27.6. The van der Waals surface area contributed by atoms with E-state index in [0.29, 0.717) is 5.13 Å². The lowest BCUT2D eigenvalue weighted by Gasteiger charge is -2.07. The van der Waals surface area contributed by atoms with Crippen LogP contribution in [0.2, 0.25) is 0 Å².